The van der Waals surface area contributed by atoms with E-state index in [2.05, 4.69) is 15.3 Å². The third-order valence-corrected chi connectivity index (χ3v) is 7.10. The van der Waals surface area contributed by atoms with Crippen LogP contribution < -0.4 is 16.0 Å². The minimum atomic E-state index is -4.60. The van der Waals surface area contributed by atoms with Crippen LogP contribution in [0.15, 0.2) is 24.5 Å². The molecule has 3 N–H and O–H groups in total. The van der Waals surface area contributed by atoms with Gasteiger partial charge in [-0.25, -0.2) is 9.97 Å². The minimum Gasteiger partial charge on any atom is -0.381 e. The Bertz CT molecular complexity index is 1210. The maximum Gasteiger partial charge on any atom is 0.416 e. The minimum absolute atomic E-state index is 0.0176. The van der Waals surface area contributed by atoms with Gasteiger partial charge in [-0.2, -0.15) is 17.6 Å². The SMILES string of the molecule is CN(C)C(=O)C1CCN(c2ncnc(N)c2F)C[C@@H]1N1CCCC(Nc2cc(Cl)cc(C(F)(F)F)c2)C1=O. The molecule has 0 bridgehead atoms. The molecular formula is C24H28ClF4N7O2. The molecule has 2 aromatic rings. The van der Waals surface area contributed by atoms with Crippen LogP contribution in [0.5, 0.6) is 0 Å². The molecule has 0 spiro atoms. The van der Waals surface area contributed by atoms with E-state index in [1.165, 1.54) is 11.0 Å². The van der Waals surface area contributed by atoms with Gasteiger partial charge in [0.25, 0.3) is 0 Å². The van der Waals surface area contributed by atoms with E-state index >= 15 is 0 Å². The summed E-state index contributed by atoms with van der Waals surface area (Å²) in [7, 11) is 3.24. The summed E-state index contributed by atoms with van der Waals surface area (Å²) in [6.07, 6.45) is -2.20. The van der Waals surface area contributed by atoms with Crippen molar-refractivity contribution in [2.75, 3.05) is 49.7 Å². The predicted octanol–water partition coefficient (Wildman–Crippen LogP) is 3.26. The molecule has 4 rings (SSSR count). The van der Waals surface area contributed by atoms with Crippen molar-refractivity contribution in [3.8, 4) is 0 Å². The molecule has 3 atom stereocenters. The maximum atomic E-state index is 14.7. The van der Waals surface area contributed by atoms with Crippen molar-refractivity contribution in [1.82, 2.24) is 19.8 Å². The molecule has 9 nitrogen and oxygen atoms in total. The number of carbonyl (C=O) groups is 2. The first-order valence-electron chi connectivity index (χ1n) is 12.0. The topological polar surface area (TPSA) is 108 Å². The number of anilines is 3. The first kappa shape index (κ1) is 27.7. The van der Waals surface area contributed by atoms with Crippen LogP contribution in [0.25, 0.3) is 0 Å². The molecule has 2 amide bonds. The highest BCUT2D eigenvalue weighted by Crippen LogP contribution is 2.35. The van der Waals surface area contributed by atoms with Crippen molar-refractivity contribution in [2.24, 2.45) is 5.92 Å². The summed E-state index contributed by atoms with van der Waals surface area (Å²) in [5.41, 5.74) is 4.75. The average molecular weight is 558 g/mol. The quantitative estimate of drug-likeness (QED) is 0.543. The Labute approximate surface area is 221 Å². The van der Waals surface area contributed by atoms with Crippen LogP contribution in [0.4, 0.5) is 34.9 Å². The standard InChI is InChI=1S/C24H28ClF4N7O2/c1-34(2)22(37)16-5-7-35(21-19(26)20(30)31-12-32-21)11-18(16)36-6-3-4-17(23(36)38)33-15-9-13(24(27,28)29)8-14(25)10-15/h8-10,12,16-18,33H,3-7,11H2,1-2H3,(H2,30,31,32)/t16?,17?,18-/m0/s1. The number of likely N-dealkylation sites (tertiary alicyclic amines) is 1. The van der Waals surface area contributed by atoms with E-state index in [1.807, 2.05) is 0 Å². The lowest BCUT2D eigenvalue weighted by molar-refractivity contribution is -0.143. The number of nitrogen functional groups attached to an aromatic ring is 1. The van der Waals surface area contributed by atoms with Gasteiger partial charge in [0.1, 0.15) is 12.4 Å². The lowest BCUT2D eigenvalue weighted by atomic mass is 9.87. The number of alkyl halides is 3. The zero-order chi connectivity index (χ0) is 27.8. The number of nitrogens with two attached hydrogens (primary N) is 1. The normalized spacial score (nSPS) is 22.4. The van der Waals surface area contributed by atoms with Gasteiger partial charge in [-0.05, 0) is 37.5 Å². The van der Waals surface area contributed by atoms with E-state index in [0.717, 1.165) is 18.5 Å². The molecule has 0 saturated carbocycles. The third-order valence-electron chi connectivity index (χ3n) is 6.88. The van der Waals surface area contributed by atoms with Gasteiger partial charge in [-0.15, -0.1) is 0 Å². The van der Waals surface area contributed by atoms with E-state index < -0.39 is 35.6 Å². The number of carbonyl (C=O) groups excluding carboxylic acids is 2. The molecule has 2 fully saturated rings. The van der Waals surface area contributed by atoms with Crippen molar-refractivity contribution in [3.05, 3.63) is 40.9 Å². The van der Waals surface area contributed by atoms with Crippen LogP contribution in [0.1, 0.15) is 24.8 Å². The first-order chi connectivity index (χ1) is 17.9. The third kappa shape index (κ3) is 5.71. The van der Waals surface area contributed by atoms with Gasteiger partial charge in [0, 0.05) is 44.4 Å². The summed E-state index contributed by atoms with van der Waals surface area (Å²) >= 11 is 5.91. The number of hydrogen-bond acceptors (Lipinski definition) is 7. The maximum absolute atomic E-state index is 14.7. The van der Waals surface area contributed by atoms with E-state index in [1.54, 1.807) is 23.9 Å². The second-order valence-corrected chi connectivity index (χ2v) is 10.1. The van der Waals surface area contributed by atoms with Crippen LogP contribution in [-0.2, 0) is 15.8 Å². The van der Waals surface area contributed by atoms with Gasteiger partial charge in [0.05, 0.1) is 17.5 Å². The molecule has 2 unspecified atom stereocenters. The Kier molecular flexibility index (Phi) is 7.86. The molecule has 2 aliphatic rings. The Morgan fingerprint density at radius 2 is 1.92 bits per heavy atom. The fourth-order valence-corrected chi connectivity index (χ4v) is 5.29. The lowest BCUT2D eigenvalue weighted by Crippen LogP contribution is -2.62. The summed E-state index contributed by atoms with van der Waals surface area (Å²) in [6.45, 7) is 0.760. The van der Waals surface area contributed by atoms with Crippen molar-refractivity contribution in [1.29, 1.82) is 0 Å². The zero-order valence-corrected chi connectivity index (χ0v) is 21.6. The summed E-state index contributed by atoms with van der Waals surface area (Å²) in [5.74, 6) is -2.21. The van der Waals surface area contributed by atoms with Gasteiger partial charge in [0.2, 0.25) is 17.6 Å². The molecule has 2 saturated heterocycles. The lowest BCUT2D eigenvalue weighted by Gasteiger charge is -2.47. The van der Waals surface area contributed by atoms with Crippen molar-refractivity contribution >= 4 is 40.7 Å². The predicted molar refractivity (Wildman–Crippen MR) is 134 cm³/mol. The zero-order valence-electron chi connectivity index (χ0n) is 20.8. The number of hydrogen-bond donors (Lipinski definition) is 2. The van der Waals surface area contributed by atoms with Crippen LogP contribution in [0.3, 0.4) is 0 Å². The molecule has 2 aliphatic heterocycles. The summed E-state index contributed by atoms with van der Waals surface area (Å²) in [6, 6.07) is 1.58. The summed E-state index contributed by atoms with van der Waals surface area (Å²) < 4.78 is 54.5. The molecule has 0 aliphatic carbocycles. The number of nitrogens with one attached hydrogen (secondary N) is 1. The molecule has 14 heteroatoms. The molecule has 0 radical (unpaired) electrons. The fraction of sp³-hybridized carbons (Fsp3) is 0.500. The van der Waals surface area contributed by atoms with E-state index in [-0.39, 0.29) is 40.7 Å². The van der Waals surface area contributed by atoms with Crippen molar-refractivity contribution < 1.29 is 27.2 Å². The smallest absolute Gasteiger partial charge is 0.381 e. The van der Waals surface area contributed by atoms with Crippen LogP contribution >= 0.6 is 11.6 Å². The van der Waals surface area contributed by atoms with Gasteiger partial charge < -0.3 is 25.8 Å². The second kappa shape index (κ2) is 10.8. The summed E-state index contributed by atoms with van der Waals surface area (Å²) in [5, 5.41) is 2.78. The monoisotopic (exact) mass is 557 g/mol. The first-order valence-corrected chi connectivity index (χ1v) is 12.4. The molecule has 206 valence electrons. The van der Waals surface area contributed by atoms with Gasteiger partial charge in [0.15, 0.2) is 11.6 Å². The average Bonchev–Trinajstić information content (AvgIpc) is 2.85. The van der Waals surface area contributed by atoms with E-state index in [9.17, 15) is 27.2 Å². The molecule has 3 heterocycles. The van der Waals surface area contributed by atoms with Crippen LogP contribution in [-0.4, -0.2) is 77.4 Å². The van der Waals surface area contributed by atoms with Crippen molar-refractivity contribution in [3.63, 3.8) is 0 Å². The molecule has 1 aromatic heterocycles. The molecule has 1 aromatic carbocycles. The molecular weight excluding hydrogens is 530 g/mol. The second-order valence-electron chi connectivity index (χ2n) is 9.63. The number of piperidine rings is 2. The molecule has 38 heavy (non-hydrogen) atoms. The highest BCUT2D eigenvalue weighted by Gasteiger charge is 2.44. The summed E-state index contributed by atoms with van der Waals surface area (Å²) in [4.78, 5) is 39.0. The van der Waals surface area contributed by atoms with Crippen molar-refractivity contribution in [2.45, 2.75) is 37.5 Å². The van der Waals surface area contributed by atoms with E-state index in [0.29, 0.717) is 32.4 Å². The van der Waals surface area contributed by atoms with Gasteiger partial charge >= 0.3 is 6.18 Å². The Balaban J connectivity index is 1.61. The number of amides is 2. The Morgan fingerprint density at radius 3 is 2.61 bits per heavy atom. The Morgan fingerprint density at radius 1 is 1.18 bits per heavy atom. The number of rotatable bonds is 5. The number of halogens is 5. The van der Waals surface area contributed by atoms with Gasteiger partial charge in [-0.1, -0.05) is 11.6 Å². The number of aromatic nitrogens is 2. The fourth-order valence-electron chi connectivity index (χ4n) is 5.05. The van der Waals surface area contributed by atoms with Crippen LogP contribution in [0.2, 0.25) is 5.02 Å². The number of benzene rings is 1. The highest BCUT2D eigenvalue weighted by molar-refractivity contribution is 6.31. The highest BCUT2D eigenvalue weighted by atomic mass is 35.5. The Hall–Kier alpha value is -3.35. The number of nitrogens with zero attached hydrogens (tertiary/aromatic N) is 5. The van der Waals surface area contributed by atoms with Gasteiger partial charge in [-0.3, -0.25) is 9.59 Å². The van der Waals surface area contributed by atoms with Crippen LogP contribution in [0, 0.1) is 11.7 Å². The van der Waals surface area contributed by atoms with E-state index in [4.69, 9.17) is 17.3 Å². The largest absolute Gasteiger partial charge is 0.416 e.